The topological polar surface area (TPSA) is 81.2 Å². The van der Waals surface area contributed by atoms with Crippen LogP contribution in [0.4, 0.5) is 20.2 Å². The van der Waals surface area contributed by atoms with Gasteiger partial charge in [0.1, 0.15) is 17.3 Å². The van der Waals surface area contributed by atoms with Gasteiger partial charge in [0, 0.05) is 18.2 Å². The van der Waals surface area contributed by atoms with Crippen LogP contribution in [0.2, 0.25) is 0 Å². The minimum absolute atomic E-state index is 0.0879. The molecule has 1 aromatic carbocycles. The Morgan fingerprint density at radius 1 is 1.40 bits per heavy atom. The Balaban J connectivity index is 2.32. The van der Waals surface area contributed by atoms with E-state index in [1.54, 1.807) is 13.8 Å². The summed E-state index contributed by atoms with van der Waals surface area (Å²) in [6.07, 6.45) is 0. The molecule has 0 saturated heterocycles. The second-order valence-corrected chi connectivity index (χ2v) is 4.20. The minimum atomic E-state index is -1.02. The number of rotatable bonds is 4. The maximum absolute atomic E-state index is 13.7. The van der Waals surface area contributed by atoms with E-state index >= 15 is 0 Å². The van der Waals surface area contributed by atoms with E-state index in [9.17, 15) is 18.9 Å². The van der Waals surface area contributed by atoms with Crippen LogP contribution in [-0.4, -0.2) is 10.1 Å². The third-order valence-corrected chi connectivity index (χ3v) is 2.85. The Morgan fingerprint density at radius 2 is 2.10 bits per heavy atom. The second kappa shape index (κ2) is 5.24. The van der Waals surface area contributed by atoms with Gasteiger partial charge in [-0.15, -0.1) is 0 Å². The quantitative estimate of drug-likeness (QED) is 0.688. The van der Waals surface area contributed by atoms with Crippen LogP contribution < -0.4 is 5.32 Å². The maximum Gasteiger partial charge on any atom is 0.298 e. The van der Waals surface area contributed by atoms with Crippen LogP contribution in [0.5, 0.6) is 0 Å². The first-order chi connectivity index (χ1) is 9.40. The van der Waals surface area contributed by atoms with Crippen molar-refractivity contribution in [3.05, 3.63) is 50.9 Å². The molecule has 0 spiro atoms. The molecule has 0 aliphatic rings. The first kappa shape index (κ1) is 13.9. The molecule has 0 radical (unpaired) electrons. The number of halogens is 2. The van der Waals surface area contributed by atoms with Gasteiger partial charge < -0.3 is 9.84 Å². The molecular formula is C12H11F2N3O3. The lowest BCUT2D eigenvalue weighted by atomic mass is 10.2. The number of aromatic nitrogens is 1. The highest BCUT2D eigenvalue weighted by Gasteiger charge is 2.21. The maximum atomic E-state index is 13.7. The summed E-state index contributed by atoms with van der Waals surface area (Å²) in [5.41, 5.74) is 0.244. The van der Waals surface area contributed by atoms with Gasteiger partial charge in [0.05, 0.1) is 16.7 Å². The van der Waals surface area contributed by atoms with Gasteiger partial charge in [-0.3, -0.25) is 10.1 Å². The van der Waals surface area contributed by atoms with Crippen molar-refractivity contribution in [1.29, 1.82) is 0 Å². The Morgan fingerprint density at radius 3 is 2.65 bits per heavy atom. The van der Waals surface area contributed by atoms with Gasteiger partial charge in [0.2, 0.25) is 0 Å². The number of nitro benzene ring substituents is 1. The predicted molar refractivity (Wildman–Crippen MR) is 66.3 cm³/mol. The Kier molecular flexibility index (Phi) is 3.64. The van der Waals surface area contributed by atoms with Crippen LogP contribution >= 0.6 is 0 Å². The van der Waals surface area contributed by atoms with Gasteiger partial charge >= 0.3 is 0 Å². The number of benzene rings is 1. The molecule has 0 fully saturated rings. The van der Waals surface area contributed by atoms with Crippen LogP contribution in [0.15, 0.2) is 16.7 Å². The number of anilines is 1. The van der Waals surface area contributed by atoms with E-state index in [4.69, 9.17) is 4.52 Å². The molecule has 8 heteroatoms. The SMILES string of the molecule is Cc1noc(C)c1CNc1c(F)cc(F)cc1[N+](=O)[O-]. The average Bonchev–Trinajstić information content (AvgIpc) is 2.67. The zero-order valence-corrected chi connectivity index (χ0v) is 10.7. The van der Waals surface area contributed by atoms with Gasteiger partial charge in [0.25, 0.3) is 5.69 Å². The molecule has 0 unspecified atom stereocenters. The van der Waals surface area contributed by atoms with Crippen LogP contribution in [-0.2, 0) is 6.54 Å². The molecule has 0 amide bonds. The van der Waals surface area contributed by atoms with Crippen molar-refractivity contribution in [2.45, 2.75) is 20.4 Å². The molecule has 2 aromatic rings. The third kappa shape index (κ3) is 2.58. The van der Waals surface area contributed by atoms with Crippen LogP contribution in [0, 0.1) is 35.6 Å². The molecule has 0 atom stereocenters. The van der Waals surface area contributed by atoms with Crippen LogP contribution in [0.25, 0.3) is 0 Å². The Bertz CT molecular complexity index is 651. The highest BCUT2D eigenvalue weighted by molar-refractivity contribution is 5.62. The number of nitro groups is 1. The van der Waals surface area contributed by atoms with E-state index in [0.29, 0.717) is 29.2 Å². The van der Waals surface area contributed by atoms with Crippen molar-refractivity contribution in [2.75, 3.05) is 5.32 Å². The number of nitrogens with one attached hydrogen (secondary N) is 1. The molecule has 1 N–H and O–H groups in total. The normalized spacial score (nSPS) is 10.6. The van der Waals surface area contributed by atoms with Crippen molar-refractivity contribution >= 4 is 11.4 Å². The smallest absolute Gasteiger partial charge is 0.298 e. The van der Waals surface area contributed by atoms with E-state index in [2.05, 4.69) is 10.5 Å². The molecular weight excluding hydrogens is 272 g/mol. The first-order valence-corrected chi connectivity index (χ1v) is 5.69. The molecule has 20 heavy (non-hydrogen) atoms. The van der Waals surface area contributed by atoms with E-state index in [-0.39, 0.29) is 12.2 Å². The van der Waals surface area contributed by atoms with Crippen molar-refractivity contribution < 1.29 is 18.2 Å². The van der Waals surface area contributed by atoms with Crippen LogP contribution in [0.3, 0.4) is 0 Å². The summed E-state index contributed by atoms with van der Waals surface area (Å²) in [5.74, 6) is -1.50. The number of aryl methyl sites for hydroxylation is 2. The van der Waals surface area contributed by atoms with Gasteiger partial charge in [-0.05, 0) is 13.8 Å². The highest BCUT2D eigenvalue weighted by Crippen LogP contribution is 2.29. The van der Waals surface area contributed by atoms with E-state index in [1.807, 2.05) is 0 Å². The molecule has 1 heterocycles. The van der Waals surface area contributed by atoms with Crippen molar-refractivity contribution in [2.24, 2.45) is 0 Å². The summed E-state index contributed by atoms with van der Waals surface area (Å²) in [5, 5.41) is 17.1. The lowest BCUT2D eigenvalue weighted by molar-refractivity contribution is -0.384. The lowest BCUT2D eigenvalue weighted by Crippen LogP contribution is -2.06. The molecule has 0 aliphatic heterocycles. The Hall–Kier alpha value is -2.51. The fraction of sp³-hybridized carbons (Fsp3) is 0.250. The number of hydrogen-bond donors (Lipinski definition) is 1. The molecule has 0 saturated carbocycles. The molecule has 1 aromatic heterocycles. The monoisotopic (exact) mass is 283 g/mol. The van der Waals surface area contributed by atoms with Crippen LogP contribution in [0.1, 0.15) is 17.0 Å². The third-order valence-electron chi connectivity index (χ3n) is 2.85. The van der Waals surface area contributed by atoms with Gasteiger partial charge in [-0.1, -0.05) is 5.16 Å². The molecule has 6 nitrogen and oxygen atoms in total. The fourth-order valence-electron chi connectivity index (χ4n) is 1.81. The standard InChI is InChI=1S/C12H11F2N3O3/c1-6-9(7(2)20-16-6)5-15-12-10(14)3-8(13)4-11(12)17(18)19/h3-4,15H,5H2,1-2H3. The van der Waals surface area contributed by atoms with Gasteiger partial charge in [-0.25, -0.2) is 8.78 Å². The van der Waals surface area contributed by atoms with Crippen molar-refractivity contribution in [3.63, 3.8) is 0 Å². The zero-order valence-electron chi connectivity index (χ0n) is 10.7. The van der Waals surface area contributed by atoms with E-state index in [1.165, 1.54) is 0 Å². The van der Waals surface area contributed by atoms with Gasteiger partial charge in [-0.2, -0.15) is 0 Å². The minimum Gasteiger partial charge on any atom is -0.373 e. The first-order valence-electron chi connectivity index (χ1n) is 5.69. The van der Waals surface area contributed by atoms with E-state index < -0.39 is 22.2 Å². The summed E-state index contributed by atoms with van der Waals surface area (Å²) in [6, 6.07) is 1.25. The predicted octanol–water partition coefficient (Wildman–Crippen LogP) is 3.09. The van der Waals surface area contributed by atoms with Gasteiger partial charge in [0.15, 0.2) is 5.82 Å². The summed E-state index contributed by atoms with van der Waals surface area (Å²) >= 11 is 0. The molecule has 0 bridgehead atoms. The molecule has 2 rings (SSSR count). The Labute approximate surface area is 112 Å². The average molecular weight is 283 g/mol. The van der Waals surface area contributed by atoms with Crippen molar-refractivity contribution in [1.82, 2.24) is 5.16 Å². The van der Waals surface area contributed by atoms with Crippen molar-refractivity contribution in [3.8, 4) is 0 Å². The molecule has 106 valence electrons. The lowest BCUT2D eigenvalue weighted by Gasteiger charge is -2.08. The zero-order chi connectivity index (χ0) is 14.9. The second-order valence-electron chi connectivity index (χ2n) is 4.20. The summed E-state index contributed by atoms with van der Waals surface area (Å²) in [4.78, 5) is 9.98. The number of nitrogens with zero attached hydrogens (tertiary/aromatic N) is 2. The number of hydrogen-bond acceptors (Lipinski definition) is 5. The largest absolute Gasteiger partial charge is 0.373 e. The summed E-state index contributed by atoms with van der Waals surface area (Å²) in [7, 11) is 0. The summed E-state index contributed by atoms with van der Waals surface area (Å²) < 4.78 is 31.6. The molecule has 0 aliphatic carbocycles. The summed E-state index contributed by atoms with van der Waals surface area (Å²) in [6.45, 7) is 3.46. The van der Waals surface area contributed by atoms with E-state index in [0.717, 1.165) is 0 Å². The fourth-order valence-corrected chi connectivity index (χ4v) is 1.81. The highest BCUT2D eigenvalue weighted by atomic mass is 19.1.